The Morgan fingerprint density at radius 2 is 1.97 bits per heavy atom. The van der Waals surface area contributed by atoms with Crippen LogP contribution in [0.15, 0.2) is 47.4 Å². The molecule has 3 heteroatoms. The van der Waals surface area contributed by atoms with Crippen LogP contribution in [0.2, 0.25) is 0 Å². The van der Waals surface area contributed by atoms with Crippen molar-refractivity contribution in [2.75, 3.05) is 0 Å². The van der Waals surface area contributed by atoms with Crippen molar-refractivity contribution in [3.8, 4) is 0 Å². The summed E-state index contributed by atoms with van der Waals surface area (Å²) in [5.41, 5.74) is 6.44. The predicted octanol–water partition coefficient (Wildman–Crippen LogP) is 6.26. The van der Waals surface area contributed by atoms with Gasteiger partial charge in [-0.3, -0.25) is 4.98 Å². The van der Waals surface area contributed by atoms with Crippen molar-refractivity contribution in [3.63, 3.8) is 0 Å². The summed E-state index contributed by atoms with van der Waals surface area (Å²) in [5.74, 6) is 2.36. The fourth-order valence-corrected chi connectivity index (χ4v) is 8.23. The van der Waals surface area contributed by atoms with E-state index in [-0.39, 0.29) is 0 Å². The summed E-state index contributed by atoms with van der Waals surface area (Å²) in [7, 11) is 0. The Morgan fingerprint density at radius 1 is 1.10 bits per heavy atom. The van der Waals surface area contributed by atoms with Crippen LogP contribution in [0.5, 0.6) is 0 Å². The molecule has 1 N–H and O–H groups in total. The number of nitrogens with zero attached hydrogens (tertiary/aromatic N) is 2. The van der Waals surface area contributed by atoms with E-state index in [0.29, 0.717) is 16.2 Å². The molecule has 0 radical (unpaired) electrons. The van der Waals surface area contributed by atoms with Gasteiger partial charge in [0, 0.05) is 12.4 Å². The second-order valence-electron chi connectivity index (χ2n) is 11.0. The standard InChI is InChI=1S/C26H32N2O/c1-24-10-8-22-19(21(24)6-5-20(24)17-4-3-13-27-16-17)15-26(11-12-26)23-14-18(28-29)7-9-25(22,23)2/h3-5,13-14,16,19,21-22,29H,6-12,15H2,1-2H3/b28-18+/t19-,21-,22-,24+,25+/m0/s1. The van der Waals surface area contributed by atoms with E-state index >= 15 is 0 Å². The molecule has 3 fully saturated rings. The highest BCUT2D eigenvalue weighted by molar-refractivity contribution is 5.96. The van der Waals surface area contributed by atoms with Crippen molar-refractivity contribution in [2.45, 2.75) is 65.2 Å². The van der Waals surface area contributed by atoms with Crippen molar-refractivity contribution in [1.82, 2.24) is 4.98 Å². The molecule has 6 rings (SSSR count). The topological polar surface area (TPSA) is 45.5 Å². The quantitative estimate of drug-likeness (QED) is 0.456. The third kappa shape index (κ3) is 2.30. The molecule has 0 aromatic carbocycles. The third-order valence-electron chi connectivity index (χ3n) is 9.82. The zero-order valence-electron chi connectivity index (χ0n) is 17.7. The SMILES string of the molecule is C[C@]12CC/C(=N\O)C=C1C1(CC1)C[C@@H]1[C@@H]2CC[C@]2(C)C(c3cccnc3)=CC[C@@H]12. The van der Waals surface area contributed by atoms with Crippen LogP contribution >= 0.6 is 0 Å². The summed E-state index contributed by atoms with van der Waals surface area (Å²) in [5, 5.41) is 13.0. The lowest BCUT2D eigenvalue weighted by Crippen LogP contribution is -2.52. The van der Waals surface area contributed by atoms with E-state index in [9.17, 15) is 5.21 Å². The number of pyridine rings is 1. The molecule has 0 amide bonds. The number of rotatable bonds is 1. The second kappa shape index (κ2) is 5.83. The molecular weight excluding hydrogens is 356 g/mol. The van der Waals surface area contributed by atoms with Crippen molar-refractivity contribution in [3.05, 3.63) is 47.8 Å². The molecule has 0 unspecified atom stereocenters. The Labute approximate surface area is 174 Å². The first-order valence-electron chi connectivity index (χ1n) is 11.5. The van der Waals surface area contributed by atoms with E-state index in [1.165, 1.54) is 44.1 Å². The summed E-state index contributed by atoms with van der Waals surface area (Å²) in [6.45, 7) is 5.10. The highest BCUT2D eigenvalue weighted by Crippen LogP contribution is 2.74. The van der Waals surface area contributed by atoms with Crippen LogP contribution in [-0.2, 0) is 0 Å². The molecule has 1 heterocycles. The number of hydrogen-bond donors (Lipinski definition) is 1. The van der Waals surface area contributed by atoms with Crippen molar-refractivity contribution in [2.24, 2.45) is 39.2 Å². The van der Waals surface area contributed by atoms with Gasteiger partial charge in [-0.15, -0.1) is 0 Å². The third-order valence-corrected chi connectivity index (χ3v) is 9.82. The molecule has 1 spiro atoms. The molecule has 152 valence electrons. The van der Waals surface area contributed by atoms with Gasteiger partial charge in [0.2, 0.25) is 0 Å². The predicted molar refractivity (Wildman–Crippen MR) is 116 cm³/mol. The molecule has 1 aromatic heterocycles. The smallest absolute Gasteiger partial charge is 0.0796 e. The van der Waals surface area contributed by atoms with Gasteiger partial charge in [-0.05, 0) is 109 Å². The average Bonchev–Trinajstić information content (AvgIpc) is 3.41. The molecule has 0 saturated heterocycles. The van der Waals surface area contributed by atoms with Crippen LogP contribution < -0.4 is 0 Å². The van der Waals surface area contributed by atoms with Crippen molar-refractivity contribution >= 4 is 11.3 Å². The van der Waals surface area contributed by atoms with Gasteiger partial charge in [-0.25, -0.2) is 0 Å². The van der Waals surface area contributed by atoms with Crippen molar-refractivity contribution < 1.29 is 5.21 Å². The minimum Gasteiger partial charge on any atom is -0.411 e. The first kappa shape index (κ1) is 17.9. The molecule has 5 aliphatic carbocycles. The fraction of sp³-hybridized carbons (Fsp3) is 0.615. The minimum atomic E-state index is 0.296. The number of allylic oxidation sites excluding steroid dienone is 4. The Kier molecular flexibility index (Phi) is 3.60. The van der Waals surface area contributed by atoms with E-state index in [2.05, 4.69) is 54.5 Å². The highest BCUT2D eigenvalue weighted by Gasteiger charge is 2.65. The Bertz CT molecular complexity index is 941. The van der Waals surface area contributed by atoms with Gasteiger partial charge < -0.3 is 5.21 Å². The second-order valence-corrected chi connectivity index (χ2v) is 11.0. The molecule has 3 saturated carbocycles. The average molecular weight is 389 g/mol. The lowest BCUT2D eigenvalue weighted by atomic mass is 9.44. The molecule has 0 aliphatic heterocycles. The maximum atomic E-state index is 9.41. The summed E-state index contributed by atoms with van der Waals surface area (Å²) < 4.78 is 0. The van der Waals surface area contributed by atoms with Crippen LogP contribution in [0.3, 0.4) is 0 Å². The van der Waals surface area contributed by atoms with Gasteiger partial charge in [-0.1, -0.05) is 36.7 Å². The molecular formula is C26H32N2O. The lowest BCUT2D eigenvalue weighted by molar-refractivity contribution is -0.0389. The number of aromatic nitrogens is 1. The molecule has 29 heavy (non-hydrogen) atoms. The van der Waals surface area contributed by atoms with Gasteiger partial charge >= 0.3 is 0 Å². The van der Waals surface area contributed by atoms with Crippen LogP contribution in [0.25, 0.3) is 5.57 Å². The van der Waals surface area contributed by atoms with Crippen LogP contribution in [0, 0.1) is 34.0 Å². The first-order valence-corrected chi connectivity index (χ1v) is 11.5. The van der Waals surface area contributed by atoms with Gasteiger partial charge in [0.1, 0.15) is 0 Å². The Morgan fingerprint density at radius 3 is 2.69 bits per heavy atom. The lowest BCUT2D eigenvalue weighted by Gasteiger charge is -2.60. The van der Waals surface area contributed by atoms with Crippen LogP contribution in [0.1, 0.15) is 70.8 Å². The van der Waals surface area contributed by atoms with Crippen LogP contribution in [0.4, 0.5) is 0 Å². The number of fused-ring (bicyclic) bond motifs is 6. The monoisotopic (exact) mass is 388 g/mol. The molecule has 0 bridgehead atoms. The van der Waals surface area contributed by atoms with Gasteiger partial charge in [0.15, 0.2) is 0 Å². The molecule has 5 aliphatic rings. The molecule has 5 atom stereocenters. The maximum Gasteiger partial charge on any atom is 0.0796 e. The molecule has 3 nitrogen and oxygen atoms in total. The van der Waals surface area contributed by atoms with Crippen molar-refractivity contribution in [1.29, 1.82) is 0 Å². The van der Waals surface area contributed by atoms with Gasteiger partial charge in [0.05, 0.1) is 5.71 Å². The van der Waals surface area contributed by atoms with E-state index in [0.717, 1.165) is 36.3 Å². The van der Waals surface area contributed by atoms with Crippen LogP contribution in [-0.4, -0.2) is 15.9 Å². The van der Waals surface area contributed by atoms with E-state index in [4.69, 9.17) is 0 Å². The van der Waals surface area contributed by atoms with E-state index in [1.54, 1.807) is 11.1 Å². The maximum absolute atomic E-state index is 9.41. The zero-order chi connectivity index (χ0) is 19.9. The minimum absolute atomic E-state index is 0.296. The Hall–Kier alpha value is -1.90. The largest absolute Gasteiger partial charge is 0.411 e. The fourth-order valence-electron chi connectivity index (χ4n) is 8.23. The summed E-state index contributed by atoms with van der Waals surface area (Å²) >= 11 is 0. The van der Waals surface area contributed by atoms with E-state index < -0.39 is 0 Å². The normalized spacial score (nSPS) is 43.2. The zero-order valence-corrected chi connectivity index (χ0v) is 17.7. The first-order chi connectivity index (χ1) is 14.0. The molecule has 1 aromatic rings. The number of oxime groups is 1. The number of hydrogen-bond acceptors (Lipinski definition) is 3. The summed E-state index contributed by atoms with van der Waals surface area (Å²) in [6, 6.07) is 4.33. The van der Waals surface area contributed by atoms with Gasteiger partial charge in [0.25, 0.3) is 0 Å². The summed E-state index contributed by atoms with van der Waals surface area (Å²) in [6.07, 6.45) is 18.8. The summed E-state index contributed by atoms with van der Waals surface area (Å²) in [4.78, 5) is 4.41. The highest BCUT2D eigenvalue weighted by atomic mass is 16.4. The van der Waals surface area contributed by atoms with Gasteiger partial charge in [-0.2, -0.15) is 0 Å². The van der Waals surface area contributed by atoms with E-state index in [1.807, 2.05) is 6.20 Å². The Balaban J connectivity index is 1.39.